The van der Waals surface area contributed by atoms with Crippen molar-refractivity contribution >= 4 is 34.6 Å². The highest BCUT2D eigenvalue weighted by Gasteiger charge is 2.28. The van der Waals surface area contributed by atoms with Gasteiger partial charge in [-0.05, 0) is 24.3 Å². The molecule has 0 radical (unpaired) electrons. The third kappa shape index (κ3) is 7.99. The first-order valence-corrected chi connectivity index (χ1v) is 13.8. The molecule has 0 saturated carbocycles. The molecule has 1 aliphatic rings. The Balaban J connectivity index is 0.00000222. The van der Waals surface area contributed by atoms with Gasteiger partial charge in [0, 0.05) is 28.7 Å². The fourth-order valence-corrected chi connectivity index (χ4v) is 5.51. The normalized spacial score (nSPS) is 12.6. The van der Waals surface area contributed by atoms with Crippen LogP contribution in [0.5, 0.6) is 0 Å². The van der Waals surface area contributed by atoms with Gasteiger partial charge >= 0.3 is 0 Å². The number of rotatable bonds is 11. The molecule has 196 valence electrons. The van der Waals surface area contributed by atoms with Gasteiger partial charge in [-0.15, -0.1) is 30.2 Å². The Bertz CT molecular complexity index is 1070. The molecule has 3 rings (SSSR count). The maximum absolute atomic E-state index is 6.54. The van der Waals surface area contributed by atoms with E-state index >= 15 is 0 Å². The summed E-state index contributed by atoms with van der Waals surface area (Å²) in [5.74, 6) is 0.641. The fraction of sp³-hybridized carbons (Fsp3) is 0.483. The van der Waals surface area contributed by atoms with Gasteiger partial charge in [0.1, 0.15) is 5.69 Å². The fourth-order valence-electron chi connectivity index (χ4n) is 4.08. The van der Waals surface area contributed by atoms with Gasteiger partial charge in [0.15, 0.2) is 0 Å². The summed E-state index contributed by atoms with van der Waals surface area (Å²) in [5.41, 5.74) is 7.28. The summed E-state index contributed by atoms with van der Waals surface area (Å²) in [6.07, 6.45) is 6.15. The predicted molar refractivity (Wildman–Crippen MR) is 158 cm³/mol. The van der Waals surface area contributed by atoms with Crippen molar-refractivity contribution in [2.45, 2.75) is 72.9 Å². The summed E-state index contributed by atoms with van der Waals surface area (Å²) in [4.78, 5) is 13.8. The molecule has 0 unspecified atom stereocenters. The number of hydrogen-bond donors (Lipinski definition) is 2. The SMILES string of the molecule is C=C.C=C=C1c2cc(-c3nc(NC(CCC)CCC)ncc3Cl)sc2CN1CC(=C)NCC(C)(C)C. The number of aromatic nitrogens is 2. The zero-order valence-corrected chi connectivity index (χ0v) is 24.2. The van der Waals surface area contributed by atoms with E-state index in [2.05, 4.69) is 93.2 Å². The Labute approximate surface area is 227 Å². The number of hydrogen-bond acceptors (Lipinski definition) is 6. The molecule has 0 aliphatic carbocycles. The third-order valence-corrected chi connectivity index (χ3v) is 7.12. The van der Waals surface area contributed by atoms with Crippen LogP contribution in [0.25, 0.3) is 16.3 Å². The number of fused-ring (bicyclic) bond motifs is 1. The number of thiophene rings is 1. The maximum Gasteiger partial charge on any atom is 0.223 e. The van der Waals surface area contributed by atoms with Crippen molar-refractivity contribution in [1.29, 1.82) is 0 Å². The Kier molecular flexibility index (Phi) is 11.3. The average Bonchev–Trinajstić information content (AvgIpc) is 3.37. The number of anilines is 1. The highest BCUT2D eigenvalue weighted by Crippen LogP contribution is 2.43. The van der Waals surface area contributed by atoms with Gasteiger partial charge in [-0.1, -0.05) is 72.2 Å². The summed E-state index contributed by atoms with van der Waals surface area (Å²) < 4.78 is 0. The standard InChI is InChI=1S/C27H38ClN5S.C2H4/c1-8-11-19(12-9-2)31-26-29-14-21(28)25(32-26)23-13-20-22(10-3)33(16-24(20)34-23)15-18(4)30-17-27(5,6)7;1-2/h13-14,19,30H,3-4,8-9,11-12,15-17H2,1-2,5-7H3,(H,29,31,32);1-2H2. The highest BCUT2D eigenvalue weighted by atomic mass is 35.5. The smallest absolute Gasteiger partial charge is 0.223 e. The van der Waals surface area contributed by atoms with Crippen molar-refractivity contribution in [3.05, 3.63) is 65.5 Å². The zero-order chi connectivity index (χ0) is 26.9. The molecular formula is C29H42ClN5S. The van der Waals surface area contributed by atoms with Gasteiger partial charge in [0.25, 0.3) is 0 Å². The van der Waals surface area contributed by atoms with E-state index in [9.17, 15) is 0 Å². The van der Waals surface area contributed by atoms with E-state index in [0.29, 0.717) is 17.0 Å². The molecular weight excluding hydrogens is 486 g/mol. The van der Waals surface area contributed by atoms with Gasteiger partial charge in [0.05, 0.1) is 34.9 Å². The van der Waals surface area contributed by atoms with Gasteiger partial charge in [0.2, 0.25) is 5.95 Å². The molecule has 2 aromatic rings. The quantitative estimate of drug-likeness (QED) is 0.228. The van der Waals surface area contributed by atoms with Crippen LogP contribution in [0.3, 0.4) is 0 Å². The Hall–Kier alpha value is -2.53. The second kappa shape index (κ2) is 13.7. The summed E-state index contributed by atoms with van der Waals surface area (Å²) in [7, 11) is 0. The molecule has 36 heavy (non-hydrogen) atoms. The van der Waals surface area contributed by atoms with E-state index in [0.717, 1.165) is 72.8 Å². The van der Waals surface area contributed by atoms with E-state index in [1.165, 1.54) is 4.88 Å². The van der Waals surface area contributed by atoms with Crippen LogP contribution in [0.15, 0.2) is 50.0 Å². The van der Waals surface area contributed by atoms with Gasteiger partial charge in [-0.25, -0.2) is 9.97 Å². The molecule has 0 amide bonds. The van der Waals surface area contributed by atoms with Crippen LogP contribution in [0.4, 0.5) is 5.95 Å². The zero-order valence-electron chi connectivity index (χ0n) is 22.6. The first kappa shape index (κ1) is 29.7. The van der Waals surface area contributed by atoms with E-state index in [1.54, 1.807) is 17.5 Å². The molecule has 0 spiro atoms. The number of halogens is 1. The monoisotopic (exact) mass is 527 g/mol. The van der Waals surface area contributed by atoms with Gasteiger partial charge < -0.3 is 15.5 Å². The minimum atomic E-state index is 0.205. The minimum absolute atomic E-state index is 0.205. The van der Waals surface area contributed by atoms with Crippen LogP contribution in [0.2, 0.25) is 5.02 Å². The predicted octanol–water partition coefficient (Wildman–Crippen LogP) is 8.13. The Morgan fingerprint density at radius 1 is 1.25 bits per heavy atom. The van der Waals surface area contributed by atoms with Crippen LogP contribution in [0, 0.1) is 5.41 Å². The lowest BCUT2D eigenvalue weighted by Gasteiger charge is -2.25. The van der Waals surface area contributed by atoms with Crippen LogP contribution in [-0.2, 0) is 6.54 Å². The number of nitrogens with one attached hydrogen (secondary N) is 2. The molecule has 0 atom stereocenters. The molecule has 0 bridgehead atoms. The van der Waals surface area contributed by atoms with Crippen LogP contribution in [0.1, 0.15) is 70.7 Å². The molecule has 2 aromatic heterocycles. The summed E-state index contributed by atoms with van der Waals surface area (Å²) in [6.45, 7) is 27.6. The number of nitrogens with zero attached hydrogens (tertiary/aromatic N) is 3. The second-order valence-corrected chi connectivity index (χ2v) is 11.7. The van der Waals surface area contributed by atoms with Crippen LogP contribution >= 0.6 is 22.9 Å². The molecule has 0 aromatic carbocycles. The lowest BCUT2D eigenvalue weighted by molar-refractivity contribution is 0.378. The van der Waals surface area contributed by atoms with E-state index in [4.69, 9.17) is 16.6 Å². The van der Waals surface area contributed by atoms with Crippen LogP contribution in [-0.4, -0.2) is 34.0 Å². The molecule has 5 nitrogen and oxygen atoms in total. The molecule has 0 fully saturated rings. The Morgan fingerprint density at radius 3 is 2.50 bits per heavy atom. The van der Waals surface area contributed by atoms with Crippen molar-refractivity contribution in [2.24, 2.45) is 5.41 Å². The van der Waals surface area contributed by atoms with E-state index < -0.39 is 0 Å². The molecule has 7 heteroatoms. The lowest BCUT2D eigenvalue weighted by Crippen LogP contribution is -2.31. The minimum Gasteiger partial charge on any atom is -0.387 e. The first-order valence-electron chi connectivity index (χ1n) is 12.6. The van der Waals surface area contributed by atoms with Gasteiger partial charge in [-0.2, -0.15) is 0 Å². The maximum atomic E-state index is 6.54. The molecule has 2 N–H and O–H groups in total. The summed E-state index contributed by atoms with van der Waals surface area (Å²) in [6, 6.07) is 2.54. The van der Waals surface area contributed by atoms with E-state index in [-0.39, 0.29) is 5.41 Å². The van der Waals surface area contributed by atoms with E-state index in [1.807, 2.05) is 0 Å². The largest absolute Gasteiger partial charge is 0.387 e. The van der Waals surface area contributed by atoms with Crippen molar-refractivity contribution in [2.75, 3.05) is 18.4 Å². The lowest BCUT2D eigenvalue weighted by atomic mass is 9.97. The van der Waals surface area contributed by atoms with Crippen LogP contribution < -0.4 is 10.6 Å². The summed E-state index contributed by atoms with van der Waals surface area (Å²) >= 11 is 8.26. The van der Waals surface area contributed by atoms with Crippen molar-refractivity contribution in [3.8, 4) is 10.6 Å². The molecule has 0 saturated heterocycles. The molecule has 3 heterocycles. The average molecular weight is 528 g/mol. The van der Waals surface area contributed by atoms with Gasteiger partial charge in [-0.3, -0.25) is 0 Å². The topological polar surface area (TPSA) is 53.1 Å². The second-order valence-electron chi connectivity index (χ2n) is 10.2. The van der Waals surface area contributed by atoms with Crippen molar-refractivity contribution in [1.82, 2.24) is 20.2 Å². The summed E-state index contributed by atoms with van der Waals surface area (Å²) in [5, 5.41) is 7.54. The first-order chi connectivity index (χ1) is 17.1. The highest BCUT2D eigenvalue weighted by molar-refractivity contribution is 7.15. The molecule has 1 aliphatic heterocycles. The third-order valence-electron chi connectivity index (χ3n) is 5.72. The Morgan fingerprint density at radius 2 is 1.92 bits per heavy atom. The van der Waals surface area contributed by atoms with Crippen molar-refractivity contribution in [3.63, 3.8) is 0 Å². The van der Waals surface area contributed by atoms with Crippen molar-refractivity contribution < 1.29 is 0 Å².